The van der Waals surface area contributed by atoms with Gasteiger partial charge in [0.2, 0.25) is 11.1 Å². The summed E-state index contributed by atoms with van der Waals surface area (Å²) in [4.78, 5) is 20.6. The van der Waals surface area contributed by atoms with Crippen molar-refractivity contribution in [2.75, 3.05) is 0 Å². The van der Waals surface area contributed by atoms with Gasteiger partial charge in [-0.25, -0.2) is 9.97 Å². The van der Waals surface area contributed by atoms with Crippen molar-refractivity contribution in [3.05, 3.63) is 58.6 Å². The summed E-state index contributed by atoms with van der Waals surface area (Å²) in [6.07, 6.45) is 6.11. The molecule has 7 nitrogen and oxygen atoms in total. The minimum absolute atomic E-state index is 0.0613. The zero-order valence-electron chi connectivity index (χ0n) is 14.0. The molecular formula is C17H18ClN5O2. The van der Waals surface area contributed by atoms with E-state index in [1.54, 1.807) is 19.3 Å². The number of hydrogen-bond acceptors (Lipinski definition) is 5. The monoisotopic (exact) mass is 359 g/mol. The Balaban J connectivity index is 1.57. The summed E-state index contributed by atoms with van der Waals surface area (Å²) in [5.74, 6) is 1.57. The first-order valence-electron chi connectivity index (χ1n) is 7.87. The van der Waals surface area contributed by atoms with Gasteiger partial charge >= 0.3 is 0 Å². The second-order valence-corrected chi connectivity index (χ2v) is 6.01. The Morgan fingerprint density at radius 1 is 1.32 bits per heavy atom. The minimum atomic E-state index is -0.0613. The topological polar surface area (TPSA) is 85.8 Å². The van der Waals surface area contributed by atoms with Crippen LogP contribution in [-0.2, 0) is 17.8 Å². The van der Waals surface area contributed by atoms with Gasteiger partial charge in [0.1, 0.15) is 11.6 Å². The van der Waals surface area contributed by atoms with Crippen molar-refractivity contribution in [1.82, 2.24) is 25.0 Å². The van der Waals surface area contributed by atoms with Crippen molar-refractivity contribution in [1.29, 1.82) is 0 Å². The van der Waals surface area contributed by atoms with Crippen molar-refractivity contribution < 1.29 is 9.32 Å². The van der Waals surface area contributed by atoms with Crippen LogP contribution in [0.4, 0.5) is 0 Å². The minimum Gasteiger partial charge on any atom is -0.352 e. The molecule has 0 aliphatic rings. The molecule has 0 unspecified atom stereocenters. The first-order chi connectivity index (χ1) is 12.0. The van der Waals surface area contributed by atoms with Crippen LogP contribution in [0.15, 0.2) is 35.2 Å². The Morgan fingerprint density at radius 2 is 2.16 bits per heavy atom. The number of nitrogens with zero attached hydrogens (tertiary/aromatic N) is 4. The van der Waals surface area contributed by atoms with Crippen LogP contribution in [0.3, 0.4) is 0 Å². The molecule has 0 saturated carbocycles. The number of halogens is 1. The van der Waals surface area contributed by atoms with Crippen LogP contribution in [0.2, 0.25) is 5.22 Å². The molecule has 0 atom stereocenters. The first kappa shape index (κ1) is 17.2. The maximum Gasteiger partial charge on any atom is 0.229 e. The van der Waals surface area contributed by atoms with E-state index in [2.05, 4.69) is 20.4 Å². The van der Waals surface area contributed by atoms with Gasteiger partial charge in [0, 0.05) is 37.1 Å². The molecule has 0 aromatic carbocycles. The fraction of sp³-hybridized carbons (Fsp3) is 0.294. The highest BCUT2D eigenvalue weighted by molar-refractivity contribution is 6.29. The lowest BCUT2D eigenvalue weighted by atomic mass is 10.1. The number of imidazole rings is 1. The number of nitrogens with one attached hydrogen (secondary N) is 1. The Hall–Kier alpha value is -2.67. The van der Waals surface area contributed by atoms with Gasteiger partial charge in [-0.3, -0.25) is 9.36 Å². The lowest BCUT2D eigenvalue weighted by Gasteiger charge is -2.08. The Kier molecular flexibility index (Phi) is 5.14. The number of aryl methyl sites for hydroxylation is 2. The van der Waals surface area contributed by atoms with Crippen LogP contribution in [0, 0.1) is 13.8 Å². The molecule has 1 N–H and O–H groups in total. The van der Waals surface area contributed by atoms with Crippen LogP contribution >= 0.6 is 11.6 Å². The van der Waals surface area contributed by atoms with Crippen molar-refractivity contribution in [2.24, 2.45) is 0 Å². The molecule has 0 aliphatic carbocycles. The number of pyridine rings is 1. The molecule has 130 valence electrons. The molecular weight excluding hydrogens is 342 g/mol. The summed E-state index contributed by atoms with van der Waals surface area (Å²) in [6.45, 7) is 4.14. The lowest BCUT2D eigenvalue weighted by Crippen LogP contribution is -2.23. The second-order valence-electron chi connectivity index (χ2n) is 5.66. The van der Waals surface area contributed by atoms with E-state index in [4.69, 9.17) is 16.1 Å². The summed E-state index contributed by atoms with van der Waals surface area (Å²) in [5, 5.41) is 6.93. The smallest absolute Gasteiger partial charge is 0.229 e. The zero-order chi connectivity index (χ0) is 17.8. The molecule has 0 saturated heterocycles. The number of hydrogen-bond donors (Lipinski definition) is 1. The van der Waals surface area contributed by atoms with E-state index in [9.17, 15) is 4.79 Å². The molecule has 1 amide bonds. The van der Waals surface area contributed by atoms with E-state index >= 15 is 0 Å². The molecule has 0 radical (unpaired) electrons. The summed E-state index contributed by atoms with van der Waals surface area (Å²) >= 11 is 5.91. The molecule has 25 heavy (non-hydrogen) atoms. The Bertz CT molecular complexity index is 867. The number of amides is 1. The maximum absolute atomic E-state index is 12.1. The molecule has 3 aromatic heterocycles. The average Bonchev–Trinajstić information content (AvgIpc) is 3.17. The third-order valence-electron chi connectivity index (χ3n) is 3.91. The highest BCUT2D eigenvalue weighted by Crippen LogP contribution is 2.20. The number of rotatable bonds is 6. The van der Waals surface area contributed by atoms with Gasteiger partial charge < -0.3 is 9.84 Å². The van der Waals surface area contributed by atoms with E-state index in [1.165, 1.54) is 0 Å². The molecule has 3 heterocycles. The summed E-state index contributed by atoms with van der Waals surface area (Å²) in [6, 6.07) is 3.80. The predicted octanol–water partition coefficient (Wildman–Crippen LogP) is 2.77. The van der Waals surface area contributed by atoms with Gasteiger partial charge in [-0.1, -0.05) is 5.16 Å². The first-order valence-corrected chi connectivity index (χ1v) is 8.25. The fourth-order valence-corrected chi connectivity index (χ4v) is 2.76. The van der Waals surface area contributed by atoms with Gasteiger partial charge in [-0.15, -0.1) is 0 Å². The van der Waals surface area contributed by atoms with E-state index in [0.717, 1.165) is 22.8 Å². The maximum atomic E-state index is 12.1. The summed E-state index contributed by atoms with van der Waals surface area (Å²) in [7, 11) is 0. The summed E-state index contributed by atoms with van der Waals surface area (Å²) in [5.41, 5.74) is 2.46. The largest absolute Gasteiger partial charge is 0.352 e. The zero-order valence-corrected chi connectivity index (χ0v) is 14.7. The quantitative estimate of drug-likeness (QED) is 0.731. The molecule has 0 bridgehead atoms. The molecule has 3 rings (SSSR count). The standard InChI is InChI=1S/C17H18ClN5O2/c1-11-14(17(18)25-22-11)3-4-16(24)21-10-13-5-6-20-15(9-13)23-8-7-19-12(23)2/h5-9H,3-4,10H2,1-2H3,(H,21,24). The SMILES string of the molecule is Cc1noc(Cl)c1CCC(=O)NCc1ccnc(-n2ccnc2C)c1. The van der Waals surface area contributed by atoms with Gasteiger partial charge in [0.25, 0.3) is 0 Å². The van der Waals surface area contributed by atoms with Gasteiger partial charge in [-0.2, -0.15) is 0 Å². The number of carbonyl (C=O) groups is 1. The van der Waals surface area contributed by atoms with Gasteiger partial charge in [0.05, 0.1) is 5.69 Å². The van der Waals surface area contributed by atoms with Crippen LogP contribution in [-0.4, -0.2) is 25.6 Å². The molecule has 3 aromatic rings. The Labute approximate surface area is 150 Å². The fourth-order valence-electron chi connectivity index (χ4n) is 2.49. The third-order valence-corrected chi connectivity index (χ3v) is 4.21. The van der Waals surface area contributed by atoms with Crippen LogP contribution in [0.5, 0.6) is 0 Å². The average molecular weight is 360 g/mol. The molecule has 0 fully saturated rings. The third kappa shape index (κ3) is 4.06. The molecule has 0 spiro atoms. The van der Waals surface area contributed by atoms with E-state index < -0.39 is 0 Å². The van der Waals surface area contributed by atoms with Crippen molar-refractivity contribution in [2.45, 2.75) is 33.2 Å². The highest BCUT2D eigenvalue weighted by atomic mass is 35.5. The van der Waals surface area contributed by atoms with E-state index in [0.29, 0.717) is 25.1 Å². The van der Waals surface area contributed by atoms with E-state index in [-0.39, 0.29) is 11.1 Å². The van der Waals surface area contributed by atoms with Crippen molar-refractivity contribution in [3.63, 3.8) is 0 Å². The second kappa shape index (κ2) is 7.48. The van der Waals surface area contributed by atoms with Crippen LogP contribution in [0.1, 0.15) is 29.1 Å². The normalized spacial score (nSPS) is 10.8. The van der Waals surface area contributed by atoms with E-state index in [1.807, 2.05) is 29.8 Å². The van der Waals surface area contributed by atoms with Crippen LogP contribution in [0.25, 0.3) is 5.82 Å². The van der Waals surface area contributed by atoms with Crippen LogP contribution < -0.4 is 5.32 Å². The lowest BCUT2D eigenvalue weighted by molar-refractivity contribution is -0.121. The molecule has 8 heteroatoms. The number of carbonyl (C=O) groups excluding carboxylic acids is 1. The Morgan fingerprint density at radius 3 is 2.84 bits per heavy atom. The predicted molar refractivity (Wildman–Crippen MR) is 92.5 cm³/mol. The summed E-state index contributed by atoms with van der Waals surface area (Å²) < 4.78 is 6.78. The van der Waals surface area contributed by atoms with Crippen molar-refractivity contribution >= 4 is 17.5 Å². The number of aromatic nitrogens is 4. The molecule has 0 aliphatic heterocycles. The van der Waals surface area contributed by atoms with Gasteiger partial charge in [-0.05, 0) is 49.6 Å². The highest BCUT2D eigenvalue weighted by Gasteiger charge is 2.12. The van der Waals surface area contributed by atoms with Crippen molar-refractivity contribution in [3.8, 4) is 5.82 Å². The van der Waals surface area contributed by atoms with Gasteiger partial charge in [0.15, 0.2) is 0 Å².